The summed E-state index contributed by atoms with van der Waals surface area (Å²) in [4.78, 5) is 29.2. The number of amides is 1. The van der Waals surface area contributed by atoms with Crippen molar-refractivity contribution in [1.29, 1.82) is 0 Å². The Morgan fingerprint density at radius 1 is 1.10 bits per heavy atom. The fourth-order valence-corrected chi connectivity index (χ4v) is 5.11. The molecule has 0 saturated heterocycles. The molecule has 0 atom stereocenters. The second-order valence-corrected chi connectivity index (χ2v) is 9.58. The van der Waals surface area contributed by atoms with Crippen LogP contribution in [0, 0.1) is 0 Å². The van der Waals surface area contributed by atoms with Crippen molar-refractivity contribution < 1.29 is 4.79 Å². The third-order valence-corrected chi connectivity index (χ3v) is 7.09. The first-order valence-electron chi connectivity index (χ1n) is 11.1. The van der Waals surface area contributed by atoms with Crippen LogP contribution in [0.4, 0.5) is 11.5 Å². The summed E-state index contributed by atoms with van der Waals surface area (Å²) in [6, 6.07) is 8.82. The zero-order valence-electron chi connectivity index (χ0n) is 18.0. The quantitative estimate of drug-likeness (QED) is 0.554. The van der Waals surface area contributed by atoms with E-state index in [0.717, 1.165) is 16.1 Å². The molecule has 1 aliphatic carbocycles. The predicted octanol–water partition coefficient (Wildman–Crippen LogP) is 5.76. The van der Waals surface area contributed by atoms with Gasteiger partial charge in [0.2, 0.25) is 0 Å². The average molecular weight is 434 g/mol. The molecule has 0 bridgehead atoms. The van der Waals surface area contributed by atoms with Crippen LogP contribution in [0.15, 0.2) is 36.0 Å². The Morgan fingerprint density at radius 3 is 2.55 bits per heavy atom. The number of anilines is 2. The number of benzene rings is 1. The van der Waals surface area contributed by atoms with Gasteiger partial charge in [-0.1, -0.05) is 31.4 Å². The lowest BCUT2D eigenvalue weighted by Gasteiger charge is -2.22. The molecule has 5 rings (SSSR count). The third kappa shape index (κ3) is 3.94. The van der Waals surface area contributed by atoms with Crippen LogP contribution >= 0.6 is 11.3 Å². The Hall–Kier alpha value is -2.80. The van der Waals surface area contributed by atoms with Gasteiger partial charge in [-0.2, -0.15) is 0 Å². The maximum atomic E-state index is 13.0. The van der Waals surface area contributed by atoms with Gasteiger partial charge in [0.15, 0.2) is 5.82 Å². The summed E-state index contributed by atoms with van der Waals surface area (Å²) in [6.07, 6.45) is 8.35. The second-order valence-electron chi connectivity index (χ2n) is 8.70. The number of fused-ring (bicyclic) bond motifs is 1. The summed E-state index contributed by atoms with van der Waals surface area (Å²) in [5.41, 5.74) is 5.51. The molecule has 1 N–H and O–H groups in total. The van der Waals surface area contributed by atoms with E-state index in [4.69, 9.17) is 4.98 Å². The molecule has 2 aliphatic rings. The van der Waals surface area contributed by atoms with Crippen molar-refractivity contribution in [3.05, 3.63) is 52.8 Å². The number of carbonyl (C=O) groups excluding carboxylic acids is 1. The smallest absolute Gasteiger partial charge is 0.273 e. The molecular weight excluding hydrogens is 406 g/mol. The van der Waals surface area contributed by atoms with Crippen molar-refractivity contribution >= 4 is 28.7 Å². The summed E-state index contributed by atoms with van der Waals surface area (Å²) < 4.78 is 0. The van der Waals surface area contributed by atoms with E-state index in [9.17, 15) is 4.79 Å². The molecule has 1 fully saturated rings. The Morgan fingerprint density at radius 2 is 1.87 bits per heavy atom. The zero-order chi connectivity index (χ0) is 21.4. The van der Waals surface area contributed by atoms with Gasteiger partial charge < -0.3 is 10.2 Å². The van der Waals surface area contributed by atoms with Crippen LogP contribution in [-0.2, 0) is 6.54 Å². The van der Waals surface area contributed by atoms with Crippen LogP contribution < -0.4 is 5.32 Å². The molecule has 3 aromatic rings. The van der Waals surface area contributed by atoms with E-state index in [0.29, 0.717) is 29.8 Å². The van der Waals surface area contributed by atoms with Gasteiger partial charge in [0.25, 0.3) is 5.91 Å². The van der Waals surface area contributed by atoms with Gasteiger partial charge in [0.05, 0.1) is 16.9 Å². The van der Waals surface area contributed by atoms with E-state index < -0.39 is 0 Å². The van der Waals surface area contributed by atoms with Gasteiger partial charge in [-0.3, -0.25) is 9.78 Å². The largest absolute Gasteiger partial charge is 0.340 e. The van der Waals surface area contributed by atoms with E-state index in [-0.39, 0.29) is 11.9 Å². The number of aromatic nitrogens is 3. The highest BCUT2D eigenvalue weighted by molar-refractivity contribution is 7.13. The molecule has 2 aromatic heterocycles. The Bertz CT molecular complexity index is 1070. The first kappa shape index (κ1) is 20.1. The first-order valence-corrected chi connectivity index (χ1v) is 12.0. The van der Waals surface area contributed by atoms with Crippen molar-refractivity contribution in [1.82, 2.24) is 19.9 Å². The van der Waals surface area contributed by atoms with Gasteiger partial charge >= 0.3 is 0 Å². The summed E-state index contributed by atoms with van der Waals surface area (Å²) in [6.45, 7) is 4.58. The SMILES string of the molecule is CC(C)N1Cc2c(Nc3ccc(C4CCCCC4)cc3)nc(-c3cncs3)nc2C1=O. The summed E-state index contributed by atoms with van der Waals surface area (Å²) in [5, 5.41) is 3.47. The summed E-state index contributed by atoms with van der Waals surface area (Å²) in [5.74, 6) is 1.90. The Kier molecular flexibility index (Phi) is 5.44. The molecular formula is C24H27N5OS. The van der Waals surface area contributed by atoms with Gasteiger partial charge in [-0.15, -0.1) is 11.3 Å². The van der Waals surface area contributed by atoms with E-state index >= 15 is 0 Å². The zero-order valence-corrected chi connectivity index (χ0v) is 18.8. The minimum atomic E-state index is -0.0335. The lowest BCUT2D eigenvalue weighted by molar-refractivity contribution is 0.0726. The van der Waals surface area contributed by atoms with Gasteiger partial charge in [-0.05, 0) is 50.3 Å². The molecule has 1 saturated carbocycles. The van der Waals surface area contributed by atoms with Gasteiger partial charge in [0, 0.05) is 23.5 Å². The van der Waals surface area contributed by atoms with Crippen molar-refractivity contribution in [2.45, 2.75) is 64.5 Å². The Balaban J connectivity index is 1.47. The predicted molar refractivity (Wildman–Crippen MR) is 124 cm³/mol. The number of thiazole rings is 1. The molecule has 0 radical (unpaired) electrons. The van der Waals surface area contributed by atoms with Gasteiger partial charge in [0.1, 0.15) is 11.5 Å². The van der Waals surface area contributed by atoms with Crippen LogP contribution in [0.1, 0.15) is 73.5 Å². The second kappa shape index (κ2) is 8.38. The molecule has 31 heavy (non-hydrogen) atoms. The highest BCUT2D eigenvalue weighted by atomic mass is 32.1. The van der Waals surface area contributed by atoms with Crippen molar-refractivity contribution in [2.75, 3.05) is 5.32 Å². The highest BCUT2D eigenvalue weighted by Gasteiger charge is 2.34. The molecule has 0 unspecified atom stereocenters. The summed E-state index contributed by atoms with van der Waals surface area (Å²) >= 11 is 1.47. The molecule has 0 spiro atoms. The highest BCUT2D eigenvalue weighted by Crippen LogP contribution is 2.35. The third-order valence-electron chi connectivity index (χ3n) is 6.33. The number of hydrogen-bond acceptors (Lipinski definition) is 6. The van der Waals surface area contributed by atoms with Crippen LogP contribution in [0.5, 0.6) is 0 Å². The molecule has 1 aromatic carbocycles. The van der Waals surface area contributed by atoms with Gasteiger partial charge in [-0.25, -0.2) is 9.97 Å². The minimum Gasteiger partial charge on any atom is -0.340 e. The van der Waals surface area contributed by atoms with Crippen LogP contribution in [0.2, 0.25) is 0 Å². The lowest BCUT2D eigenvalue weighted by Crippen LogP contribution is -2.31. The van der Waals surface area contributed by atoms with Crippen molar-refractivity contribution in [2.24, 2.45) is 0 Å². The van der Waals surface area contributed by atoms with Crippen molar-refractivity contribution in [3.8, 4) is 10.7 Å². The standard InChI is InChI=1S/C24H27N5OS/c1-15(2)29-13-19-21(24(29)30)27-23(20-12-25-14-31-20)28-22(19)26-18-10-8-17(9-11-18)16-6-4-3-5-7-16/h8-12,14-16H,3-7,13H2,1-2H3,(H,26,27,28). The van der Waals surface area contributed by atoms with E-state index in [1.54, 1.807) is 11.7 Å². The number of nitrogens with zero attached hydrogens (tertiary/aromatic N) is 4. The Labute approximate surface area is 186 Å². The number of nitrogens with one attached hydrogen (secondary N) is 1. The van der Waals surface area contributed by atoms with E-state index in [1.807, 2.05) is 18.7 Å². The fraction of sp³-hybridized carbons (Fsp3) is 0.417. The van der Waals surface area contributed by atoms with Crippen LogP contribution in [0.3, 0.4) is 0 Å². The average Bonchev–Trinajstić information content (AvgIpc) is 3.44. The molecule has 7 heteroatoms. The maximum Gasteiger partial charge on any atom is 0.273 e. The fourth-order valence-electron chi connectivity index (χ4n) is 4.56. The maximum absolute atomic E-state index is 13.0. The molecule has 1 amide bonds. The van der Waals surface area contributed by atoms with Crippen LogP contribution in [0.25, 0.3) is 10.7 Å². The van der Waals surface area contributed by atoms with Crippen molar-refractivity contribution in [3.63, 3.8) is 0 Å². The molecule has 160 valence electrons. The monoisotopic (exact) mass is 433 g/mol. The molecule has 1 aliphatic heterocycles. The first-order chi connectivity index (χ1) is 15.1. The number of carbonyl (C=O) groups is 1. The number of rotatable bonds is 5. The van der Waals surface area contributed by atoms with E-state index in [2.05, 4.69) is 39.6 Å². The molecule has 3 heterocycles. The minimum absolute atomic E-state index is 0.0335. The summed E-state index contributed by atoms with van der Waals surface area (Å²) in [7, 11) is 0. The lowest BCUT2D eigenvalue weighted by atomic mass is 9.84. The topological polar surface area (TPSA) is 71.0 Å². The van der Waals surface area contributed by atoms with E-state index in [1.165, 1.54) is 49.0 Å². The number of hydrogen-bond donors (Lipinski definition) is 1. The normalized spacial score (nSPS) is 16.7. The van der Waals surface area contributed by atoms with Crippen LogP contribution in [-0.4, -0.2) is 31.8 Å². The molecule has 6 nitrogen and oxygen atoms in total.